The van der Waals surface area contributed by atoms with Crippen LogP contribution in [-0.2, 0) is 6.54 Å². The molecule has 3 aromatic rings. The molecule has 2 heterocycles. The number of aliphatic imine (C=N–C) groups is 1. The lowest BCUT2D eigenvalue weighted by Crippen LogP contribution is -2.22. The van der Waals surface area contributed by atoms with Crippen molar-refractivity contribution in [2.45, 2.75) is 13.5 Å². The second-order valence-electron chi connectivity index (χ2n) is 5.35. The first kappa shape index (κ1) is 18.4. The van der Waals surface area contributed by atoms with E-state index in [4.69, 9.17) is 23.2 Å². The summed E-state index contributed by atoms with van der Waals surface area (Å²) < 4.78 is 1.63. The van der Waals surface area contributed by atoms with Crippen molar-refractivity contribution >= 4 is 45.9 Å². The van der Waals surface area contributed by atoms with Crippen LogP contribution in [0.15, 0.2) is 45.2 Å². The molecule has 0 spiro atoms. The highest BCUT2D eigenvalue weighted by atomic mass is 35.5. The third-order valence-electron chi connectivity index (χ3n) is 3.47. The highest BCUT2D eigenvalue weighted by Crippen LogP contribution is 2.23. The molecule has 2 aromatic heterocycles. The van der Waals surface area contributed by atoms with Gasteiger partial charge in [0.2, 0.25) is 0 Å². The van der Waals surface area contributed by atoms with E-state index >= 15 is 0 Å². The lowest BCUT2D eigenvalue weighted by molar-refractivity contribution is 0.487. The van der Waals surface area contributed by atoms with Crippen molar-refractivity contribution in [1.82, 2.24) is 14.8 Å². The molecule has 0 atom stereocenters. The Bertz CT molecular complexity index is 1120. The molecule has 0 radical (unpaired) electrons. The summed E-state index contributed by atoms with van der Waals surface area (Å²) in [6.07, 6.45) is 3.19. The summed E-state index contributed by atoms with van der Waals surface area (Å²) in [6, 6.07) is 5.20. The Morgan fingerprint density at radius 2 is 2.15 bits per heavy atom. The molecule has 1 aromatic carbocycles. The first-order valence-electron chi connectivity index (χ1n) is 7.32. The second kappa shape index (κ2) is 7.45. The van der Waals surface area contributed by atoms with E-state index in [1.54, 1.807) is 29.9 Å². The maximum Gasteiger partial charge on any atom is 0.310 e. The zero-order chi connectivity index (χ0) is 18.8. The van der Waals surface area contributed by atoms with Crippen molar-refractivity contribution in [3.63, 3.8) is 0 Å². The number of benzene rings is 1. The number of hydrogen-bond donors (Lipinski definition) is 2. The van der Waals surface area contributed by atoms with Gasteiger partial charge >= 0.3 is 4.87 Å². The largest absolute Gasteiger partial charge is 0.499 e. The molecule has 26 heavy (non-hydrogen) atoms. The lowest BCUT2D eigenvalue weighted by Gasteiger charge is -2.04. The summed E-state index contributed by atoms with van der Waals surface area (Å²) in [5.74, 6) is 0. The second-order valence-corrected chi connectivity index (χ2v) is 7.16. The van der Waals surface area contributed by atoms with Crippen molar-refractivity contribution in [2.75, 3.05) is 0 Å². The normalized spacial score (nSPS) is 11.7. The van der Waals surface area contributed by atoms with E-state index in [1.165, 1.54) is 6.20 Å². The van der Waals surface area contributed by atoms with Crippen LogP contribution in [-0.4, -0.2) is 25.6 Å². The summed E-state index contributed by atoms with van der Waals surface area (Å²) in [6.45, 7) is 1.98. The van der Waals surface area contributed by atoms with Crippen LogP contribution < -0.4 is 10.4 Å². The zero-order valence-electron chi connectivity index (χ0n) is 13.4. The molecular weight excluding hydrogens is 399 g/mol. The van der Waals surface area contributed by atoms with Gasteiger partial charge in [0.25, 0.3) is 5.56 Å². The Hall–Kier alpha value is -2.42. The van der Waals surface area contributed by atoms with Gasteiger partial charge in [0, 0.05) is 10.0 Å². The van der Waals surface area contributed by atoms with Crippen LogP contribution in [0.1, 0.15) is 18.1 Å². The van der Waals surface area contributed by atoms with Crippen LogP contribution >= 0.6 is 34.5 Å². The van der Waals surface area contributed by atoms with Gasteiger partial charge < -0.3 is 5.11 Å². The number of aromatic nitrogens is 3. The molecule has 0 aliphatic rings. The first-order valence-corrected chi connectivity index (χ1v) is 8.89. The maximum absolute atomic E-state index is 11.9. The number of nitrogens with one attached hydrogen (secondary N) is 1. The number of H-pyrrole nitrogens is 1. The number of rotatable bonds is 4. The number of hydrogen-bond acceptors (Lipinski definition) is 6. The van der Waals surface area contributed by atoms with Gasteiger partial charge in [-0.25, -0.2) is 4.99 Å². The van der Waals surface area contributed by atoms with Crippen LogP contribution in [0.5, 0.6) is 5.06 Å². The van der Waals surface area contributed by atoms with Gasteiger partial charge in [-0.05, 0) is 36.0 Å². The van der Waals surface area contributed by atoms with E-state index in [-0.39, 0.29) is 16.3 Å². The Kier molecular flexibility index (Phi) is 5.26. The molecule has 2 N–H and O–H groups in total. The smallest absolute Gasteiger partial charge is 0.310 e. The van der Waals surface area contributed by atoms with Gasteiger partial charge in [-0.1, -0.05) is 29.3 Å². The van der Waals surface area contributed by atoms with E-state index in [1.807, 2.05) is 6.07 Å². The average molecular weight is 411 g/mol. The molecule has 0 fully saturated rings. The fourth-order valence-electron chi connectivity index (χ4n) is 2.31. The van der Waals surface area contributed by atoms with Crippen molar-refractivity contribution in [3.05, 3.63) is 71.8 Å². The van der Waals surface area contributed by atoms with Crippen molar-refractivity contribution in [1.29, 1.82) is 0 Å². The highest BCUT2D eigenvalue weighted by Gasteiger charge is 2.13. The minimum Gasteiger partial charge on any atom is -0.499 e. The average Bonchev–Trinajstić information content (AvgIpc) is 2.96. The van der Waals surface area contributed by atoms with Gasteiger partial charge in [0.15, 0.2) is 5.06 Å². The number of aromatic hydroxyl groups is 1. The number of nitrogens with zero attached hydrogens (tertiary/aromatic N) is 3. The Morgan fingerprint density at radius 3 is 2.85 bits per heavy atom. The predicted octanol–water partition coefficient (Wildman–Crippen LogP) is 3.19. The minimum atomic E-state index is -0.687. The van der Waals surface area contributed by atoms with Gasteiger partial charge in [0.05, 0.1) is 24.7 Å². The van der Waals surface area contributed by atoms with Gasteiger partial charge in [-0.3, -0.25) is 19.3 Å². The topological polar surface area (TPSA) is 100 Å². The van der Waals surface area contributed by atoms with Crippen molar-refractivity contribution in [2.24, 2.45) is 4.99 Å². The quantitative estimate of drug-likeness (QED) is 0.644. The summed E-state index contributed by atoms with van der Waals surface area (Å²) in [5, 5.41) is 14.8. The fourth-order valence-corrected chi connectivity index (χ4v) is 3.44. The Labute approximate surface area is 161 Å². The Balaban J connectivity index is 1.87. The fraction of sp³-hybridized carbons (Fsp3) is 0.125. The zero-order valence-corrected chi connectivity index (χ0v) is 15.7. The summed E-state index contributed by atoms with van der Waals surface area (Å²) in [4.78, 5) is 28.8. The molecule has 0 aliphatic heterocycles. The number of halogens is 2. The molecular formula is C16H12Cl2N4O3S. The summed E-state index contributed by atoms with van der Waals surface area (Å²) in [5.41, 5.74) is 0.871. The van der Waals surface area contributed by atoms with E-state index < -0.39 is 10.4 Å². The molecule has 3 rings (SSSR count). The summed E-state index contributed by atoms with van der Waals surface area (Å²) in [7, 11) is 0. The third kappa shape index (κ3) is 4.04. The number of aromatic amines is 1. The van der Waals surface area contributed by atoms with Crippen LogP contribution in [0.2, 0.25) is 10.0 Å². The predicted molar refractivity (Wildman–Crippen MR) is 103 cm³/mol. The van der Waals surface area contributed by atoms with Crippen LogP contribution in [0, 0.1) is 0 Å². The minimum absolute atomic E-state index is 0.0388. The van der Waals surface area contributed by atoms with Crippen LogP contribution in [0.25, 0.3) is 0 Å². The van der Waals surface area contributed by atoms with Gasteiger partial charge in [-0.2, -0.15) is 5.10 Å². The highest BCUT2D eigenvalue weighted by molar-refractivity contribution is 7.11. The Morgan fingerprint density at radius 1 is 1.38 bits per heavy atom. The first-order chi connectivity index (χ1) is 12.3. The van der Waals surface area contributed by atoms with Gasteiger partial charge in [0.1, 0.15) is 11.3 Å². The standard InChI is InChI=1S/C16H12Cl2N4O3S/c1-8(13-14(23)21-16(25)26-15(13)24)20-11-5-19-22(7-11)6-9-2-3-10(17)4-12(9)18/h2-5,7,24H,6H2,1H3,(H,21,23,25). The van der Waals surface area contributed by atoms with Crippen molar-refractivity contribution in [3.8, 4) is 5.06 Å². The van der Waals surface area contributed by atoms with Crippen LogP contribution in [0.3, 0.4) is 0 Å². The molecule has 10 heteroatoms. The van der Waals surface area contributed by atoms with Crippen LogP contribution in [0.4, 0.5) is 5.69 Å². The molecule has 0 amide bonds. The molecule has 0 saturated heterocycles. The van der Waals surface area contributed by atoms with E-state index in [0.717, 1.165) is 5.56 Å². The van der Waals surface area contributed by atoms with Gasteiger partial charge in [-0.15, -0.1) is 0 Å². The van der Waals surface area contributed by atoms with Crippen molar-refractivity contribution < 1.29 is 5.11 Å². The SMILES string of the molecule is CC(=Nc1cnn(Cc2ccc(Cl)cc2Cl)c1)c1c(O)sc(=O)[nH]c1=O. The van der Waals surface area contributed by atoms with E-state index in [2.05, 4.69) is 15.1 Å². The summed E-state index contributed by atoms with van der Waals surface area (Å²) >= 11 is 12.6. The van der Waals surface area contributed by atoms with E-state index in [0.29, 0.717) is 33.6 Å². The molecule has 134 valence electrons. The maximum atomic E-state index is 11.9. The molecule has 0 aliphatic carbocycles. The van der Waals surface area contributed by atoms with E-state index in [9.17, 15) is 14.7 Å². The molecule has 0 saturated carbocycles. The monoisotopic (exact) mass is 410 g/mol. The third-order valence-corrected chi connectivity index (χ3v) is 4.74. The molecule has 0 bridgehead atoms. The molecule has 0 unspecified atom stereocenters. The molecule has 7 nitrogen and oxygen atoms in total. The lowest BCUT2D eigenvalue weighted by atomic mass is 10.2.